The minimum Gasteiger partial charge on any atom is -0.381 e. The number of carbonyl (C=O) groups excluding carboxylic acids is 1. The molecule has 148 valence electrons. The monoisotopic (exact) mass is 391 g/mol. The number of carbonyl (C=O) groups is 1. The van der Waals surface area contributed by atoms with E-state index in [2.05, 4.69) is 23.6 Å². The van der Waals surface area contributed by atoms with Crippen LogP contribution in [0.2, 0.25) is 5.02 Å². The highest BCUT2D eigenvalue weighted by molar-refractivity contribution is 6.30. The second-order valence-corrected chi connectivity index (χ2v) is 9.13. The van der Waals surface area contributed by atoms with Gasteiger partial charge in [-0.05, 0) is 51.0 Å². The average Bonchev–Trinajstić information content (AvgIpc) is 2.67. The fourth-order valence-electron chi connectivity index (χ4n) is 5.02. The maximum atomic E-state index is 13.1. The van der Waals surface area contributed by atoms with Crippen molar-refractivity contribution in [3.05, 3.63) is 34.9 Å². The lowest BCUT2D eigenvalue weighted by Gasteiger charge is -2.56. The van der Waals surface area contributed by atoms with E-state index >= 15 is 0 Å². The van der Waals surface area contributed by atoms with Crippen molar-refractivity contribution in [2.24, 2.45) is 0 Å². The number of halogens is 1. The van der Waals surface area contributed by atoms with Crippen LogP contribution in [0.3, 0.4) is 0 Å². The number of hydrogen-bond donors (Lipinski definition) is 0. The van der Waals surface area contributed by atoms with Gasteiger partial charge in [-0.3, -0.25) is 14.6 Å². The fourth-order valence-corrected chi connectivity index (χ4v) is 5.15. The van der Waals surface area contributed by atoms with E-state index in [1.165, 1.54) is 0 Å². The number of rotatable bonds is 2. The number of nitrogens with zero attached hydrogens (tertiary/aromatic N) is 3. The van der Waals surface area contributed by atoms with Gasteiger partial charge < -0.3 is 9.64 Å². The van der Waals surface area contributed by atoms with Gasteiger partial charge in [0.05, 0.1) is 0 Å². The fraction of sp³-hybridized carbons (Fsp3) is 0.667. The number of ether oxygens (including phenoxy) is 1. The molecule has 5 nitrogen and oxygen atoms in total. The van der Waals surface area contributed by atoms with Crippen molar-refractivity contribution in [2.45, 2.75) is 44.3 Å². The van der Waals surface area contributed by atoms with Crippen molar-refractivity contribution in [3.63, 3.8) is 0 Å². The van der Waals surface area contributed by atoms with Gasteiger partial charge in [0.1, 0.15) is 0 Å². The third-order valence-electron chi connectivity index (χ3n) is 6.39. The molecule has 1 amide bonds. The number of hydrogen-bond acceptors (Lipinski definition) is 4. The van der Waals surface area contributed by atoms with Crippen molar-refractivity contribution in [1.29, 1.82) is 0 Å². The van der Waals surface area contributed by atoms with Gasteiger partial charge in [0.15, 0.2) is 0 Å². The Morgan fingerprint density at radius 2 is 1.78 bits per heavy atom. The molecule has 0 radical (unpaired) electrons. The molecule has 1 aromatic carbocycles. The third kappa shape index (κ3) is 4.02. The van der Waals surface area contributed by atoms with Gasteiger partial charge in [-0.2, -0.15) is 0 Å². The molecule has 3 aliphatic heterocycles. The highest BCUT2D eigenvalue weighted by Gasteiger charge is 2.44. The van der Waals surface area contributed by atoms with E-state index in [9.17, 15) is 4.79 Å². The molecule has 3 aliphatic rings. The maximum Gasteiger partial charge on any atom is 0.253 e. The zero-order chi connectivity index (χ0) is 19.0. The van der Waals surface area contributed by atoms with Gasteiger partial charge in [-0.1, -0.05) is 11.6 Å². The highest BCUT2D eigenvalue weighted by Crippen LogP contribution is 2.30. The predicted molar refractivity (Wildman–Crippen MR) is 107 cm³/mol. The van der Waals surface area contributed by atoms with Crippen molar-refractivity contribution >= 4 is 17.5 Å². The van der Waals surface area contributed by atoms with Crippen LogP contribution in [0.1, 0.15) is 37.0 Å². The van der Waals surface area contributed by atoms with Gasteiger partial charge in [-0.25, -0.2) is 0 Å². The van der Waals surface area contributed by atoms with Crippen LogP contribution in [0.4, 0.5) is 0 Å². The lowest BCUT2D eigenvalue weighted by atomic mass is 9.91. The van der Waals surface area contributed by atoms with Crippen LogP contribution in [-0.4, -0.2) is 84.2 Å². The first-order valence-electron chi connectivity index (χ1n) is 10.1. The molecule has 0 bridgehead atoms. The number of amides is 1. The molecule has 3 saturated heterocycles. The Bertz CT molecular complexity index is 673. The Labute approximate surface area is 167 Å². The van der Waals surface area contributed by atoms with E-state index in [1.807, 2.05) is 17.0 Å². The van der Waals surface area contributed by atoms with Crippen LogP contribution >= 0.6 is 11.6 Å². The minimum atomic E-state index is -0.00717. The zero-order valence-electron chi connectivity index (χ0n) is 16.4. The summed E-state index contributed by atoms with van der Waals surface area (Å²) in [4.78, 5) is 20.4. The van der Waals surface area contributed by atoms with Gasteiger partial charge >= 0.3 is 0 Å². The molecule has 0 aromatic heterocycles. The van der Waals surface area contributed by atoms with E-state index in [0.717, 1.165) is 64.3 Å². The summed E-state index contributed by atoms with van der Waals surface area (Å²) in [6, 6.07) is 8.28. The van der Waals surface area contributed by atoms with E-state index in [-0.39, 0.29) is 11.4 Å². The van der Waals surface area contributed by atoms with Crippen molar-refractivity contribution in [3.8, 4) is 0 Å². The van der Waals surface area contributed by atoms with E-state index < -0.39 is 0 Å². The molecule has 27 heavy (non-hydrogen) atoms. The molecule has 0 spiro atoms. The Morgan fingerprint density at radius 3 is 2.48 bits per heavy atom. The second-order valence-electron chi connectivity index (χ2n) is 8.69. The van der Waals surface area contributed by atoms with Gasteiger partial charge in [0.25, 0.3) is 5.91 Å². The Kier molecular flexibility index (Phi) is 5.48. The summed E-state index contributed by atoms with van der Waals surface area (Å²) in [7, 11) is 0. The Hall–Kier alpha value is -1.14. The molecular formula is C21H30ClN3O2. The summed E-state index contributed by atoms with van der Waals surface area (Å²) < 4.78 is 5.54. The maximum absolute atomic E-state index is 13.1. The number of fused-ring (bicyclic) bond motifs is 1. The summed E-state index contributed by atoms with van der Waals surface area (Å²) >= 11 is 5.98. The van der Waals surface area contributed by atoms with Gasteiger partial charge in [0, 0.05) is 74.1 Å². The van der Waals surface area contributed by atoms with Gasteiger partial charge in [-0.15, -0.1) is 0 Å². The van der Waals surface area contributed by atoms with Crippen molar-refractivity contribution in [2.75, 3.05) is 45.9 Å². The van der Waals surface area contributed by atoms with Crippen LogP contribution < -0.4 is 0 Å². The summed E-state index contributed by atoms with van der Waals surface area (Å²) in [5.74, 6) is 0.114. The molecule has 0 unspecified atom stereocenters. The minimum absolute atomic E-state index is 0.00717. The van der Waals surface area contributed by atoms with Crippen LogP contribution in [0, 0.1) is 0 Å². The molecule has 3 fully saturated rings. The van der Waals surface area contributed by atoms with Gasteiger partial charge in [0.2, 0.25) is 0 Å². The SMILES string of the molecule is CC1(C)CN(C(=O)c2ccc(Cl)cc2)C[C@@H]2CN(C3CCOCC3)CCN21. The van der Waals surface area contributed by atoms with E-state index in [0.29, 0.717) is 17.1 Å². The van der Waals surface area contributed by atoms with Crippen molar-refractivity contribution < 1.29 is 9.53 Å². The average molecular weight is 392 g/mol. The standard InChI is InChI=1S/C21H30ClN3O2/c1-21(2)15-24(20(26)16-3-5-17(22)6-4-16)14-19-13-23(9-10-25(19)21)18-7-11-27-12-8-18/h3-6,18-19H,7-15H2,1-2H3/t19-/m0/s1. The van der Waals surface area contributed by atoms with E-state index in [1.54, 1.807) is 12.1 Å². The van der Waals surface area contributed by atoms with Crippen molar-refractivity contribution in [1.82, 2.24) is 14.7 Å². The topological polar surface area (TPSA) is 36.0 Å². The Morgan fingerprint density at radius 1 is 1.07 bits per heavy atom. The molecule has 0 aliphatic carbocycles. The molecule has 1 atom stereocenters. The molecular weight excluding hydrogens is 362 g/mol. The van der Waals surface area contributed by atoms with Crippen LogP contribution in [0.25, 0.3) is 0 Å². The summed E-state index contributed by atoms with van der Waals surface area (Å²) in [5, 5.41) is 0.663. The molecule has 1 aromatic rings. The van der Waals surface area contributed by atoms with Crippen LogP contribution in [0.5, 0.6) is 0 Å². The smallest absolute Gasteiger partial charge is 0.253 e. The highest BCUT2D eigenvalue weighted by atomic mass is 35.5. The summed E-state index contributed by atoms with van der Waals surface area (Å²) in [6.45, 7) is 11.1. The zero-order valence-corrected chi connectivity index (χ0v) is 17.1. The Balaban J connectivity index is 1.48. The van der Waals surface area contributed by atoms with Crippen LogP contribution in [-0.2, 0) is 4.74 Å². The molecule has 0 saturated carbocycles. The molecule has 4 rings (SSSR count). The quantitative estimate of drug-likeness (QED) is 0.776. The first-order chi connectivity index (χ1) is 12.9. The lowest BCUT2D eigenvalue weighted by molar-refractivity contribution is -0.0743. The molecule has 3 heterocycles. The van der Waals surface area contributed by atoms with Crippen LogP contribution in [0.15, 0.2) is 24.3 Å². The largest absolute Gasteiger partial charge is 0.381 e. The van der Waals surface area contributed by atoms with E-state index in [4.69, 9.17) is 16.3 Å². The second kappa shape index (κ2) is 7.70. The third-order valence-corrected chi connectivity index (χ3v) is 6.64. The number of benzene rings is 1. The first kappa shape index (κ1) is 19.2. The first-order valence-corrected chi connectivity index (χ1v) is 10.5. The molecule has 0 N–H and O–H groups in total. The predicted octanol–water partition coefficient (Wildman–Crippen LogP) is 2.74. The summed E-state index contributed by atoms with van der Waals surface area (Å²) in [6.07, 6.45) is 2.26. The lowest BCUT2D eigenvalue weighted by Crippen LogP contribution is -2.71. The summed E-state index contributed by atoms with van der Waals surface area (Å²) in [5.41, 5.74) is 0.716. The normalized spacial score (nSPS) is 27.4. The molecule has 6 heteroatoms. The number of piperazine rings is 2.